The van der Waals surface area contributed by atoms with E-state index in [1.165, 1.54) is 12.8 Å². The first-order valence-corrected chi connectivity index (χ1v) is 7.16. The third-order valence-corrected chi connectivity index (χ3v) is 3.46. The molecule has 1 saturated carbocycles. The highest BCUT2D eigenvalue weighted by Gasteiger charge is 2.27. The fourth-order valence-electron chi connectivity index (χ4n) is 2.38. The molecule has 1 aliphatic carbocycles. The van der Waals surface area contributed by atoms with Crippen molar-refractivity contribution in [2.45, 2.75) is 45.1 Å². The average Bonchev–Trinajstić information content (AvgIpc) is 3.19. The number of rotatable bonds is 2. The van der Waals surface area contributed by atoms with Gasteiger partial charge in [0.1, 0.15) is 0 Å². The maximum absolute atomic E-state index is 12.5. The fourth-order valence-corrected chi connectivity index (χ4v) is 2.38. The smallest absolute Gasteiger partial charge is 0.252 e. The monoisotopic (exact) mass is 268 g/mol. The van der Waals surface area contributed by atoms with Gasteiger partial charge in [0.05, 0.1) is 11.1 Å². The van der Waals surface area contributed by atoms with Crippen LogP contribution in [0.5, 0.6) is 0 Å². The molecule has 0 bridgehead atoms. The van der Waals surface area contributed by atoms with Gasteiger partial charge in [-0.25, -0.2) is 0 Å². The van der Waals surface area contributed by atoms with Crippen molar-refractivity contribution in [3.05, 3.63) is 41.6 Å². The van der Waals surface area contributed by atoms with Crippen molar-refractivity contribution in [1.82, 2.24) is 10.3 Å². The minimum Gasteiger partial charge on any atom is -0.347 e. The van der Waals surface area contributed by atoms with E-state index in [1.54, 1.807) is 0 Å². The Morgan fingerprint density at radius 3 is 2.60 bits per heavy atom. The summed E-state index contributed by atoms with van der Waals surface area (Å²) in [6, 6.07) is 9.85. The maximum Gasteiger partial charge on any atom is 0.252 e. The number of carbonyl (C=O) groups is 1. The third kappa shape index (κ3) is 2.67. The fraction of sp³-hybridized carbons (Fsp3) is 0.412. The van der Waals surface area contributed by atoms with Crippen molar-refractivity contribution >= 4 is 16.8 Å². The molecule has 3 nitrogen and oxygen atoms in total. The van der Waals surface area contributed by atoms with E-state index in [0.717, 1.165) is 22.2 Å². The summed E-state index contributed by atoms with van der Waals surface area (Å²) in [7, 11) is 0. The van der Waals surface area contributed by atoms with Crippen LogP contribution in [-0.2, 0) is 0 Å². The lowest BCUT2D eigenvalue weighted by molar-refractivity contribution is 0.0921. The maximum atomic E-state index is 12.5. The molecule has 1 amide bonds. The summed E-state index contributed by atoms with van der Waals surface area (Å²) in [6.45, 7) is 5.99. The van der Waals surface area contributed by atoms with Gasteiger partial charge < -0.3 is 5.32 Å². The third-order valence-electron chi connectivity index (χ3n) is 3.46. The number of hydrogen-bond acceptors (Lipinski definition) is 2. The number of nitrogens with one attached hydrogen (secondary N) is 1. The Morgan fingerprint density at radius 1 is 1.25 bits per heavy atom. The lowest BCUT2D eigenvalue weighted by Crippen LogP contribution is -2.40. The van der Waals surface area contributed by atoms with E-state index in [0.29, 0.717) is 5.92 Å². The topological polar surface area (TPSA) is 42.0 Å². The Bertz CT molecular complexity index is 666. The quantitative estimate of drug-likeness (QED) is 0.903. The Balaban J connectivity index is 2.09. The highest BCUT2D eigenvalue weighted by atomic mass is 16.1. The summed E-state index contributed by atoms with van der Waals surface area (Å²) >= 11 is 0. The molecule has 1 heterocycles. The number of para-hydroxylation sites is 1. The number of hydrogen-bond donors (Lipinski definition) is 1. The highest BCUT2D eigenvalue weighted by Crippen LogP contribution is 2.40. The first-order chi connectivity index (χ1) is 9.44. The predicted octanol–water partition coefficient (Wildman–Crippen LogP) is 3.64. The molecule has 3 rings (SSSR count). The van der Waals surface area contributed by atoms with Crippen LogP contribution in [0.1, 0.15) is 55.6 Å². The highest BCUT2D eigenvalue weighted by molar-refractivity contribution is 6.06. The van der Waals surface area contributed by atoms with Crippen molar-refractivity contribution in [3.63, 3.8) is 0 Å². The normalized spacial score (nSPS) is 15.3. The summed E-state index contributed by atoms with van der Waals surface area (Å²) in [5.74, 6) is 0.527. The zero-order chi connectivity index (χ0) is 14.3. The molecule has 0 atom stereocenters. The molecule has 0 spiro atoms. The van der Waals surface area contributed by atoms with Crippen LogP contribution >= 0.6 is 0 Å². The van der Waals surface area contributed by atoms with Crippen LogP contribution in [0.4, 0.5) is 0 Å². The van der Waals surface area contributed by atoms with Gasteiger partial charge in [-0.15, -0.1) is 0 Å². The summed E-state index contributed by atoms with van der Waals surface area (Å²) in [5.41, 5.74) is 2.48. The number of pyridine rings is 1. The molecular formula is C17H20N2O. The number of amides is 1. The minimum absolute atomic E-state index is 0.0157. The lowest BCUT2D eigenvalue weighted by atomic mass is 10.0. The molecule has 1 aliphatic rings. The van der Waals surface area contributed by atoms with E-state index in [4.69, 9.17) is 4.98 Å². The van der Waals surface area contributed by atoms with Crippen molar-refractivity contribution in [2.75, 3.05) is 0 Å². The van der Waals surface area contributed by atoms with Gasteiger partial charge in [0, 0.05) is 22.5 Å². The van der Waals surface area contributed by atoms with Crippen LogP contribution in [0.25, 0.3) is 10.9 Å². The first-order valence-electron chi connectivity index (χ1n) is 7.16. The molecule has 1 N–H and O–H groups in total. The van der Waals surface area contributed by atoms with Crippen LogP contribution < -0.4 is 5.32 Å². The number of fused-ring (bicyclic) bond motifs is 1. The number of benzene rings is 1. The van der Waals surface area contributed by atoms with Gasteiger partial charge in [0.15, 0.2) is 0 Å². The second-order valence-electron chi connectivity index (χ2n) is 6.59. The minimum atomic E-state index is -0.235. The first kappa shape index (κ1) is 13.1. The van der Waals surface area contributed by atoms with Gasteiger partial charge in [0.25, 0.3) is 5.91 Å². The van der Waals surface area contributed by atoms with E-state index >= 15 is 0 Å². The molecule has 1 aromatic carbocycles. The Hall–Kier alpha value is -1.90. The Labute approximate surface area is 119 Å². The largest absolute Gasteiger partial charge is 0.347 e. The van der Waals surface area contributed by atoms with Gasteiger partial charge in [-0.05, 0) is 45.7 Å². The van der Waals surface area contributed by atoms with E-state index in [1.807, 2.05) is 51.1 Å². The second kappa shape index (κ2) is 4.58. The van der Waals surface area contributed by atoms with Crippen LogP contribution in [0.15, 0.2) is 30.3 Å². The molecule has 0 aliphatic heterocycles. The zero-order valence-electron chi connectivity index (χ0n) is 12.2. The predicted molar refractivity (Wildman–Crippen MR) is 80.9 cm³/mol. The Morgan fingerprint density at radius 2 is 1.95 bits per heavy atom. The van der Waals surface area contributed by atoms with Crippen LogP contribution in [0, 0.1) is 0 Å². The lowest BCUT2D eigenvalue weighted by Gasteiger charge is -2.21. The summed E-state index contributed by atoms with van der Waals surface area (Å²) in [4.78, 5) is 17.2. The van der Waals surface area contributed by atoms with Crippen molar-refractivity contribution in [1.29, 1.82) is 0 Å². The SMILES string of the molecule is CC(C)(C)NC(=O)c1cc(C2CC2)nc2ccccc12. The number of nitrogens with zero attached hydrogens (tertiary/aromatic N) is 1. The molecule has 0 unspecified atom stereocenters. The molecular weight excluding hydrogens is 248 g/mol. The van der Waals surface area contributed by atoms with E-state index in [-0.39, 0.29) is 11.4 Å². The van der Waals surface area contributed by atoms with Crippen LogP contribution in [-0.4, -0.2) is 16.4 Å². The molecule has 2 aromatic rings. The standard InChI is InChI=1S/C17H20N2O/c1-17(2,3)19-16(20)13-10-15(11-8-9-11)18-14-7-5-4-6-12(13)14/h4-7,10-11H,8-9H2,1-3H3,(H,19,20). The van der Waals surface area contributed by atoms with Crippen LogP contribution in [0.2, 0.25) is 0 Å². The molecule has 20 heavy (non-hydrogen) atoms. The van der Waals surface area contributed by atoms with Gasteiger partial charge in [-0.2, -0.15) is 0 Å². The van der Waals surface area contributed by atoms with E-state index < -0.39 is 0 Å². The molecule has 3 heteroatoms. The van der Waals surface area contributed by atoms with Crippen molar-refractivity contribution in [2.24, 2.45) is 0 Å². The summed E-state index contributed by atoms with van der Waals surface area (Å²) < 4.78 is 0. The van der Waals surface area contributed by atoms with Gasteiger partial charge in [-0.1, -0.05) is 18.2 Å². The summed E-state index contributed by atoms with van der Waals surface area (Å²) in [6.07, 6.45) is 2.37. The molecule has 1 aromatic heterocycles. The van der Waals surface area contributed by atoms with Gasteiger partial charge >= 0.3 is 0 Å². The number of carbonyl (C=O) groups excluding carboxylic acids is 1. The number of aromatic nitrogens is 1. The van der Waals surface area contributed by atoms with Gasteiger partial charge in [-0.3, -0.25) is 9.78 Å². The molecule has 104 valence electrons. The van der Waals surface area contributed by atoms with Crippen LogP contribution in [0.3, 0.4) is 0 Å². The Kier molecular flexibility index (Phi) is 3.00. The average molecular weight is 268 g/mol. The molecule has 0 saturated heterocycles. The second-order valence-corrected chi connectivity index (χ2v) is 6.59. The summed E-state index contributed by atoms with van der Waals surface area (Å²) in [5, 5.41) is 3.98. The zero-order valence-corrected chi connectivity index (χ0v) is 12.2. The van der Waals surface area contributed by atoms with E-state index in [9.17, 15) is 4.79 Å². The van der Waals surface area contributed by atoms with Crippen molar-refractivity contribution in [3.8, 4) is 0 Å². The molecule has 1 fully saturated rings. The van der Waals surface area contributed by atoms with E-state index in [2.05, 4.69) is 5.32 Å². The molecule has 0 radical (unpaired) electrons. The van der Waals surface area contributed by atoms with Crippen molar-refractivity contribution < 1.29 is 4.79 Å². The van der Waals surface area contributed by atoms with Gasteiger partial charge in [0.2, 0.25) is 0 Å².